The van der Waals surface area contributed by atoms with E-state index in [1.54, 1.807) is 0 Å². The molecule has 1 aliphatic carbocycles. The maximum absolute atomic E-state index is 5.80. The summed E-state index contributed by atoms with van der Waals surface area (Å²) in [7, 11) is 4.54. The number of likely N-dealkylation sites (tertiary alicyclic amines) is 1. The van der Waals surface area contributed by atoms with E-state index in [-0.39, 0.29) is 0 Å². The van der Waals surface area contributed by atoms with Crippen LogP contribution in [0.1, 0.15) is 31.2 Å². The molecular weight excluding hydrogens is 246 g/mol. The summed E-state index contributed by atoms with van der Waals surface area (Å²) >= 11 is 0. The Balaban J connectivity index is 1.60. The normalized spacial score (nSPS) is 25.2. The van der Waals surface area contributed by atoms with E-state index < -0.39 is 0 Å². The van der Waals surface area contributed by atoms with Gasteiger partial charge in [0.1, 0.15) is 0 Å². The van der Waals surface area contributed by atoms with Crippen LogP contribution in [0.5, 0.6) is 0 Å². The molecular formula is C17H27N3. The molecule has 2 aliphatic rings. The number of anilines is 1. The lowest BCUT2D eigenvalue weighted by atomic mass is 9.95. The molecule has 0 amide bonds. The van der Waals surface area contributed by atoms with E-state index in [1.165, 1.54) is 50.9 Å². The highest BCUT2D eigenvalue weighted by Crippen LogP contribution is 2.48. The first-order valence-corrected chi connectivity index (χ1v) is 7.84. The van der Waals surface area contributed by atoms with Crippen LogP contribution < -0.4 is 5.73 Å². The summed E-state index contributed by atoms with van der Waals surface area (Å²) in [5.74, 6) is 0. The number of rotatable bonds is 5. The number of hydrogen-bond acceptors (Lipinski definition) is 3. The number of nitrogens with two attached hydrogens (primary N) is 1. The number of nitrogens with zero attached hydrogens (tertiary/aromatic N) is 2. The van der Waals surface area contributed by atoms with Crippen LogP contribution in [0.25, 0.3) is 0 Å². The van der Waals surface area contributed by atoms with Crippen LogP contribution in [0.15, 0.2) is 24.3 Å². The first-order valence-electron chi connectivity index (χ1n) is 7.84. The summed E-state index contributed by atoms with van der Waals surface area (Å²) in [4.78, 5) is 5.05. The second-order valence-electron chi connectivity index (χ2n) is 6.88. The fraction of sp³-hybridized carbons (Fsp3) is 0.647. The van der Waals surface area contributed by atoms with Gasteiger partial charge in [0.05, 0.1) is 0 Å². The van der Waals surface area contributed by atoms with Gasteiger partial charge in [0, 0.05) is 30.2 Å². The molecule has 3 nitrogen and oxygen atoms in total. The van der Waals surface area contributed by atoms with E-state index >= 15 is 0 Å². The maximum atomic E-state index is 5.80. The molecule has 20 heavy (non-hydrogen) atoms. The molecule has 2 fully saturated rings. The van der Waals surface area contributed by atoms with Crippen LogP contribution >= 0.6 is 0 Å². The topological polar surface area (TPSA) is 32.5 Å². The molecule has 1 atom stereocenters. The lowest BCUT2D eigenvalue weighted by Gasteiger charge is -2.29. The van der Waals surface area contributed by atoms with Crippen LogP contribution in [0.3, 0.4) is 0 Å². The summed E-state index contributed by atoms with van der Waals surface area (Å²) in [5.41, 5.74) is 8.54. The Hall–Kier alpha value is -1.06. The van der Waals surface area contributed by atoms with Crippen molar-refractivity contribution < 1.29 is 0 Å². The van der Waals surface area contributed by atoms with Crippen molar-refractivity contribution in [2.45, 2.75) is 37.1 Å². The fourth-order valence-electron chi connectivity index (χ4n) is 3.68. The third kappa shape index (κ3) is 2.84. The van der Waals surface area contributed by atoms with Crippen LogP contribution in [0, 0.1) is 0 Å². The summed E-state index contributed by atoms with van der Waals surface area (Å²) in [6.07, 6.45) is 5.36. The second kappa shape index (κ2) is 5.38. The lowest BCUT2D eigenvalue weighted by molar-refractivity contribution is 0.209. The van der Waals surface area contributed by atoms with Gasteiger partial charge in [-0.15, -0.1) is 0 Å². The predicted molar refractivity (Wildman–Crippen MR) is 84.9 cm³/mol. The molecule has 3 heteroatoms. The zero-order valence-electron chi connectivity index (χ0n) is 12.8. The van der Waals surface area contributed by atoms with Gasteiger partial charge in [0.2, 0.25) is 0 Å². The van der Waals surface area contributed by atoms with E-state index in [2.05, 4.69) is 36.0 Å². The summed E-state index contributed by atoms with van der Waals surface area (Å²) in [6.45, 7) is 3.65. The molecule has 1 unspecified atom stereocenters. The van der Waals surface area contributed by atoms with Crippen molar-refractivity contribution in [3.63, 3.8) is 0 Å². The van der Waals surface area contributed by atoms with E-state index in [4.69, 9.17) is 5.73 Å². The minimum atomic E-state index is 0.402. The predicted octanol–water partition coefficient (Wildman–Crippen LogP) is 2.33. The van der Waals surface area contributed by atoms with Gasteiger partial charge in [-0.05, 0) is 64.0 Å². The van der Waals surface area contributed by atoms with E-state index in [1.807, 2.05) is 12.1 Å². The van der Waals surface area contributed by atoms with Gasteiger partial charge in [-0.2, -0.15) is 0 Å². The first-order chi connectivity index (χ1) is 9.59. The largest absolute Gasteiger partial charge is 0.399 e. The third-order valence-electron chi connectivity index (χ3n) is 5.14. The van der Waals surface area contributed by atoms with Crippen molar-refractivity contribution in [2.75, 3.05) is 39.5 Å². The smallest absolute Gasteiger partial charge is 0.0314 e. The standard InChI is InChI=1S/C17H27N3/c1-19(12-16-4-3-11-20(16)2)13-17(9-10-17)14-5-7-15(18)8-6-14/h5-8,16H,3-4,9-13,18H2,1-2H3. The van der Waals surface area contributed by atoms with Gasteiger partial charge in [-0.25, -0.2) is 0 Å². The highest BCUT2D eigenvalue weighted by Gasteiger charge is 2.45. The average Bonchev–Trinajstić information content (AvgIpc) is 3.08. The Morgan fingerprint density at radius 2 is 2.00 bits per heavy atom. The van der Waals surface area contributed by atoms with Crippen LogP contribution in [-0.4, -0.2) is 49.6 Å². The summed E-state index contributed by atoms with van der Waals surface area (Å²) < 4.78 is 0. The quantitative estimate of drug-likeness (QED) is 0.836. The SMILES string of the molecule is CN(CC1CCCN1C)CC1(c2ccc(N)cc2)CC1. The average molecular weight is 273 g/mol. The van der Waals surface area contributed by atoms with Crippen molar-refractivity contribution >= 4 is 5.69 Å². The fourth-order valence-corrected chi connectivity index (χ4v) is 3.68. The molecule has 0 radical (unpaired) electrons. The third-order valence-corrected chi connectivity index (χ3v) is 5.14. The van der Waals surface area contributed by atoms with Gasteiger partial charge < -0.3 is 15.5 Å². The first kappa shape index (κ1) is 13.9. The van der Waals surface area contributed by atoms with Gasteiger partial charge in [0.25, 0.3) is 0 Å². The second-order valence-corrected chi connectivity index (χ2v) is 6.88. The highest BCUT2D eigenvalue weighted by molar-refractivity contribution is 5.43. The van der Waals surface area contributed by atoms with E-state index in [0.717, 1.165) is 11.7 Å². The Morgan fingerprint density at radius 1 is 1.30 bits per heavy atom. The number of hydrogen-bond donors (Lipinski definition) is 1. The molecule has 1 aromatic carbocycles. The van der Waals surface area contributed by atoms with Gasteiger partial charge >= 0.3 is 0 Å². The maximum Gasteiger partial charge on any atom is 0.0314 e. The van der Waals surface area contributed by atoms with Crippen LogP contribution in [0.4, 0.5) is 5.69 Å². The van der Waals surface area contributed by atoms with E-state index in [0.29, 0.717) is 5.41 Å². The summed E-state index contributed by atoms with van der Waals surface area (Å²) in [5, 5.41) is 0. The molecule has 1 saturated heterocycles. The Morgan fingerprint density at radius 3 is 2.55 bits per heavy atom. The minimum Gasteiger partial charge on any atom is -0.399 e. The van der Waals surface area contributed by atoms with Gasteiger partial charge in [0.15, 0.2) is 0 Å². The minimum absolute atomic E-state index is 0.402. The Bertz CT molecular complexity index is 450. The number of likely N-dealkylation sites (N-methyl/N-ethyl adjacent to an activating group) is 2. The molecule has 3 rings (SSSR count). The molecule has 0 aromatic heterocycles. The van der Waals surface area contributed by atoms with Crippen molar-refractivity contribution in [3.05, 3.63) is 29.8 Å². The molecule has 2 N–H and O–H groups in total. The number of nitrogen functional groups attached to an aromatic ring is 1. The van der Waals surface area contributed by atoms with Crippen molar-refractivity contribution in [3.8, 4) is 0 Å². The van der Waals surface area contributed by atoms with Gasteiger partial charge in [-0.3, -0.25) is 0 Å². The molecule has 1 aliphatic heterocycles. The van der Waals surface area contributed by atoms with Crippen molar-refractivity contribution in [2.24, 2.45) is 0 Å². The molecule has 1 saturated carbocycles. The Kier molecular flexibility index (Phi) is 3.74. The van der Waals surface area contributed by atoms with Crippen LogP contribution in [0.2, 0.25) is 0 Å². The van der Waals surface area contributed by atoms with Crippen molar-refractivity contribution in [1.82, 2.24) is 9.80 Å². The van der Waals surface area contributed by atoms with Crippen LogP contribution in [-0.2, 0) is 5.41 Å². The van der Waals surface area contributed by atoms with Gasteiger partial charge in [-0.1, -0.05) is 12.1 Å². The van der Waals surface area contributed by atoms with Crippen molar-refractivity contribution in [1.29, 1.82) is 0 Å². The Labute approximate surface area is 122 Å². The molecule has 110 valence electrons. The molecule has 0 bridgehead atoms. The highest BCUT2D eigenvalue weighted by atomic mass is 15.2. The zero-order valence-corrected chi connectivity index (χ0v) is 12.8. The van der Waals surface area contributed by atoms with E-state index in [9.17, 15) is 0 Å². The lowest BCUT2D eigenvalue weighted by Crippen LogP contribution is -2.39. The zero-order chi connectivity index (χ0) is 14.2. The molecule has 1 aromatic rings. The number of benzene rings is 1. The molecule has 1 heterocycles. The summed E-state index contributed by atoms with van der Waals surface area (Å²) in [6, 6.07) is 9.28. The monoisotopic (exact) mass is 273 g/mol. The molecule has 0 spiro atoms.